The molecule has 1 aromatic carbocycles. The maximum Gasteiger partial charge on any atom is 0.241 e. The van der Waals surface area contributed by atoms with Crippen LogP contribution in [0.15, 0.2) is 24.3 Å². The van der Waals surface area contributed by atoms with E-state index in [1.807, 2.05) is 11.9 Å². The van der Waals surface area contributed by atoms with Crippen LogP contribution in [-0.4, -0.2) is 75.1 Å². The van der Waals surface area contributed by atoms with Crippen molar-refractivity contribution in [2.75, 3.05) is 64.3 Å². The van der Waals surface area contributed by atoms with Gasteiger partial charge in [0.1, 0.15) is 0 Å². The lowest BCUT2D eigenvalue weighted by Gasteiger charge is -2.32. The fraction of sp³-hybridized carbons (Fsp3) is 0.588. The van der Waals surface area contributed by atoms with Crippen LogP contribution in [0.25, 0.3) is 0 Å². The molecule has 1 N–H and O–H groups in total. The van der Waals surface area contributed by atoms with Gasteiger partial charge in [-0.1, -0.05) is 12.1 Å². The van der Waals surface area contributed by atoms with Gasteiger partial charge >= 0.3 is 0 Å². The minimum Gasteiger partial charge on any atom is -0.314 e. The Kier molecular flexibility index (Phi) is 5.08. The van der Waals surface area contributed by atoms with Gasteiger partial charge in [0.15, 0.2) is 0 Å². The van der Waals surface area contributed by atoms with Crippen LogP contribution in [0, 0.1) is 0 Å². The van der Waals surface area contributed by atoms with Crippen molar-refractivity contribution in [3.05, 3.63) is 29.8 Å². The van der Waals surface area contributed by atoms with Gasteiger partial charge in [-0.25, -0.2) is 0 Å². The average molecular weight is 302 g/mol. The Morgan fingerprint density at radius 1 is 1.05 bits per heavy atom. The van der Waals surface area contributed by atoms with E-state index in [9.17, 15) is 4.79 Å². The molecule has 0 atom stereocenters. The summed E-state index contributed by atoms with van der Waals surface area (Å²) in [7, 11) is 1.99. The first kappa shape index (κ1) is 15.5. The fourth-order valence-corrected chi connectivity index (χ4v) is 3.13. The van der Waals surface area contributed by atoms with Crippen LogP contribution >= 0.6 is 0 Å². The number of nitrogens with one attached hydrogen (secondary N) is 1. The topological polar surface area (TPSA) is 38.8 Å². The second kappa shape index (κ2) is 7.22. The van der Waals surface area contributed by atoms with Crippen molar-refractivity contribution in [1.29, 1.82) is 0 Å². The van der Waals surface area contributed by atoms with E-state index in [1.54, 1.807) is 0 Å². The van der Waals surface area contributed by atoms with E-state index in [2.05, 4.69) is 39.4 Å². The molecule has 2 fully saturated rings. The Balaban J connectivity index is 1.54. The molecule has 2 saturated heterocycles. The predicted octanol–water partition coefficient (Wildman–Crippen LogP) is 0.413. The Bertz CT molecular complexity index is 496. The number of nitrogens with zero attached hydrogens (tertiary/aromatic N) is 3. The summed E-state index contributed by atoms with van der Waals surface area (Å²) in [5, 5.41) is 3.38. The van der Waals surface area contributed by atoms with Gasteiger partial charge in [0.25, 0.3) is 0 Å². The summed E-state index contributed by atoms with van der Waals surface area (Å²) in [6, 6.07) is 8.53. The van der Waals surface area contributed by atoms with E-state index in [1.165, 1.54) is 5.56 Å². The van der Waals surface area contributed by atoms with E-state index in [0.717, 1.165) is 57.9 Å². The normalized spacial score (nSPS) is 21.3. The summed E-state index contributed by atoms with van der Waals surface area (Å²) in [6.07, 6.45) is 1.08. The van der Waals surface area contributed by atoms with Gasteiger partial charge in [-0.15, -0.1) is 0 Å². The first-order valence-corrected chi connectivity index (χ1v) is 8.23. The number of carbonyl (C=O) groups is 1. The van der Waals surface area contributed by atoms with Gasteiger partial charge < -0.3 is 15.1 Å². The Morgan fingerprint density at radius 2 is 1.77 bits per heavy atom. The molecule has 0 unspecified atom stereocenters. The molecule has 0 radical (unpaired) electrons. The maximum atomic E-state index is 12.1. The largest absolute Gasteiger partial charge is 0.314 e. The number of hydrogen-bond acceptors (Lipinski definition) is 4. The Morgan fingerprint density at radius 3 is 2.45 bits per heavy atom. The molecule has 0 spiro atoms. The zero-order valence-electron chi connectivity index (χ0n) is 13.4. The second-order valence-corrected chi connectivity index (χ2v) is 6.29. The number of amides is 1. The summed E-state index contributed by atoms with van der Waals surface area (Å²) in [4.78, 5) is 18.6. The van der Waals surface area contributed by atoms with Crippen LogP contribution in [0.5, 0.6) is 0 Å². The molecule has 0 aromatic heterocycles. The second-order valence-electron chi connectivity index (χ2n) is 6.29. The molecule has 5 heteroatoms. The third kappa shape index (κ3) is 3.85. The number of rotatable bonds is 4. The zero-order valence-corrected chi connectivity index (χ0v) is 13.4. The lowest BCUT2D eigenvalue weighted by Crippen LogP contribution is -2.48. The van der Waals surface area contributed by atoms with Crippen molar-refractivity contribution in [2.45, 2.75) is 6.42 Å². The molecule has 0 saturated carbocycles. The smallest absolute Gasteiger partial charge is 0.241 e. The lowest BCUT2D eigenvalue weighted by molar-refractivity contribution is -0.120. The predicted molar refractivity (Wildman–Crippen MR) is 89.3 cm³/mol. The van der Waals surface area contributed by atoms with Crippen molar-refractivity contribution >= 4 is 11.6 Å². The quantitative estimate of drug-likeness (QED) is 0.874. The molecule has 2 heterocycles. The lowest BCUT2D eigenvalue weighted by atomic mass is 10.1. The summed E-state index contributed by atoms with van der Waals surface area (Å²) < 4.78 is 0. The molecular formula is C17H26N4O. The van der Waals surface area contributed by atoms with Gasteiger partial charge in [0.05, 0.1) is 6.54 Å². The number of piperazine rings is 2. The van der Waals surface area contributed by atoms with Gasteiger partial charge in [-0.05, 0) is 31.2 Å². The highest BCUT2D eigenvalue weighted by Gasteiger charge is 2.22. The van der Waals surface area contributed by atoms with Crippen LogP contribution < -0.4 is 10.2 Å². The molecule has 0 bridgehead atoms. The summed E-state index contributed by atoms with van der Waals surface area (Å²) in [5.41, 5.74) is 2.38. The number of carbonyl (C=O) groups excluding carboxylic acids is 1. The maximum absolute atomic E-state index is 12.1. The minimum atomic E-state index is 0.197. The van der Waals surface area contributed by atoms with Gasteiger partial charge in [-0.2, -0.15) is 0 Å². The number of likely N-dealkylation sites (N-methyl/N-ethyl adjacent to an activating group) is 1. The summed E-state index contributed by atoms with van der Waals surface area (Å²) in [5.74, 6) is 0.197. The standard InChI is InChI=1S/C17H26N4O/c1-19-12-13-21(17(22)14-19)16-4-2-15(3-5-16)6-9-20-10-7-18-8-11-20/h2-5,18H,6-14H2,1H3. The van der Waals surface area contributed by atoms with Crippen LogP contribution in [0.1, 0.15) is 5.56 Å². The Hall–Kier alpha value is -1.43. The van der Waals surface area contributed by atoms with Crippen LogP contribution in [-0.2, 0) is 11.2 Å². The first-order valence-electron chi connectivity index (χ1n) is 8.23. The van der Waals surface area contributed by atoms with E-state index in [0.29, 0.717) is 6.54 Å². The average Bonchev–Trinajstić information content (AvgIpc) is 2.55. The van der Waals surface area contributed by atoms with E-state index < -0.39 is 0 Å². The molecule has 2 aliphatic rings. The van der Waals surface area contributed by atoms with Gasteiger partial charge in [-0.3, -0.25) is 9.69 Å². The van der Waals surface area contributed by atoms with Gasteiger partial charge in [0, 0.05) is 51.5 Å². The summed E-state index contributed by atoms with van der Waals surface area (Å²) >= 11 is 0. The van der Waals surface area contributed by atoms with E-state index >= 15 is 0 Å². The molecule has 3 rings (SSSR count). The number of hydrogen-bond donors (Lipinski definition) is 1. The highest BCUT2D eigenvalue weighted by Crippen LogP contribution is 2.18. The van der Waals surface area contributed by atoms with Crippen molar-refractivity contribution in [3.63, 3.8) is 0 Å². The third-order valence-corrected chi connectivity index (χ3v) is 4.59. The third-order valence-electron chi connectivity index (χ3n) is 4.59. The monoisotopic (exact) mass is 302 g/mol. The van der Waals surface area contributed by atoms with Crippen molar-refractivity contribution in [2.24, 2.45) is 0 Å². The van der Waals surface area contributed by atoms with Crippen molar-refractivity contribution in [3.8, 4) is 0 Å². The van der Waals surface area contributed by atoms with Crippen LogP contribution in [0.2, 0.25) is 0 Å². The zero-order chi connectivity index (χ0) is 15.4. The molecule has 2 aliphatic heterocycles. The van der Waals surface area contributed by atoms with Crippen molar-refractivity contribution < 1.29 is 4.79 Å². The molecule has 0 aliphatic carbocycles. The first-order chi connectivity index (χ1) is 10.7. The SMILES string of the molecule is CN1CCN(c2ccc(CCN3CCNCC3)cc2)C(=O)C1. The molecule has 22 heavy (non-hydrogen) atoms. The highest BCUT2D eigenvalue weighted by atomic mass is 16.2. The van der Waals surface area contributed by atoms with Crippen LogP contribution in [0.3, 0.4) is 0 Å². The summed E-state index contributed by atoms with van der Waals surface area (Å²) in [6.45, 7) is 7.86. The number of anilines is 1. The number of benzene rings is 1. The molecule has 120 valence electrons. The van der Waals surface area contributed by atoms with E-state index in [-0.39, 0.29) is 5.91 Å². The molecule has 1 amide bonds. The van der Waals surface area contributed by atoms with Crippen molar-refractivity contribution in [1.82, 2.24) is 15.1 Å². The fourth-order valence-electron chi connectivity index (χ4n) is 3.13. The van der Waals surface area contributed by atoms with Crippen LogP contribution in [0.4, 0.5) is 5.69 Å². The highest BCUT2D eigenvalue weighted by molar-refractivity contribution is 5.95. The Labute approximate surface area is 132 Å². The molecule has 5 nitrogen and oxygen atoms in total. The van der Waals surface area contributed by atoms with E-state index in [4.69, 9.17) is 0 Å². The molecular weight excluding hydrogens is 276 g/mol. The van der Waals surface area contributed by atoms with Gasteiger partial charge in [0.2, 0.25) is 5.91 Å². The minimum absolute atomic E-state index is 0.197. The molecule has 1 aromatic rings.